The molecule has 2 fully saturated rings. The van der Waals surface area contributed by atoms with Crippen LogP contribution < -0.4 is 5.32 Å². The van der Waals surface area contributed by atoms with Crippen LogP contribution in [0, 0.1) is 11.8 Å². The number of carbonyl (C=O) groups is 2. The lowest BCUT2D eigenvalue weighted by molar-refractivity contribution is -0.137. The summed E-state index contributed by atoms with van der Waals surface area (Å²) in [6.45, 7) is 2.64. The average Bonchev–Trinajstić information content (AvgIpc) is 3.36. The molecule has 6 heteroatoms. The van der Waals surface area contributed by atoms with Crippen LogP contribution in [0.25, 0.3) is 0 Å². The summed E-state index contributed by atoms with van der Waals surface area (Å²) in [7, 11) is 0. The number of ether oxygens (including phenoxy) is 1. The highest BCUT2D eigenvalue weighted by molar-refractivity contribution is 7.10. The smallest absolute Gasteiger partial charge is 0.225 e. The second-order valence-corrected chi connectivity index (χ2v) is 8.05. The number of amides is 2. The van der Waals surface area contributed by atoms with Crippen molar-refractivity contribution in [1.29, 1.82) is 0 Å². The molecule has 1 aromatic heterocycles. The SMILES string of the molecule is O=C(NC[C@H]1OCCc2sccc21)[C@H]1CCCN(C(=O)C2CC2)C1. The van der Waals surface area contributed by atoms with E-state index in [1.54, 1.807) is 11.3 Å². The van der Waals surface area contributed by atoms with Gasteiger partial charge in [0.15, 0.2) is 0 Å². The maximum Gasteiger partial charge on any atom is 0.225 e. The van der Waals surface area contributed by atoms with Gasteiger partial charge < -0.3 is 15.0 Å². The Morgan fingerprint density at radius 1 is 1.29 bits per heavy atom. The molecule has 0 unspecified atom stereocenters. The zero-order chi connectivity index (χ0) is 16.5. The van der Waals surface area contributed by atoms with Gasteiger partial charge in [-0.1, -0.05) is 0 Å². The van der Waals surface area contributed by atoms with Crippen molar-refractivity contribution in [2.45, 2.75) is 38.2 Å². The van der Waals surface area contributed by atoms with E-state index in [4.69, 9.17) is 4.74 Å². The molecule has 1 aliphatic carbocycles. The number of piperidine rings is 1. The van der Waals surface area contributed by atoms with E-state index in [9.17, 15) is 9.59 Å². The normalized spacial score (nSPS) is 26.8. The molecule has 2 amide bonds. The van der Waals surface area contributed by atoms with Gasteiger partial charge >= 0.3 is 0 Å². The molecule has 3 aliphatic rings. The summed E-state index contributed by atoms with van der Waals surface area (Å²) in [6.07, 6.45) is 4.78. The second kappa shape index (κ2) is 6.84. The molecular formula is C18H24N2O3S. The third-order valence-corrected chi connectivity index (χ3v) is 6.26. The average molecular weight is 348 g/mol. The fourth-order valence-corrected chi connectivity index (χ4v) is 4.63. The Labute approximate surface area is 146 Å². The van der Waals surface area contributed by atoms with Crippen LogP contribution >= 0.6 is 11.3 Å². The van der Waals surface area contributed by atoms with E-state index in [1.165, 1.54) is 10.4 Å². The lowest BCUT2D eigenvalue weighted by Crippen LogP contribution is -2.46. The molecule has 1 saturated heterocycles. The highest BCUT2D eigenvalue weighted by Crippen LogP contribution is 2.33. The van der Waals surface area contributed by atoms with E-state index in [-0.39, 0.29) is 29.8 Å². The number of carbonyl (C=O) groups excluding carboxylic acids is 2. The van der Waals surface area contributed by atoms with E-state index in [1.807, 2.05) is 4.90 Å². The van der Waals surface area contributed by atoms with E-state index in [0.29, 0.717) is 13.1 Å². The molecule has 4 rings (SSSR count). The molecular weight excluding hydrogens is 324 g/mol. The molecule has 0 spiro atoms. The lowest BCUT2D eigenvalue weighted by Gasteiger charge is -2.32. The molecule has 24 heavy (non-hydrogen) atoms. The Kier molecular flexibility index (Phi) is 4.59. The molecule has 0 aromatic carbocycles. The predicted octanol–water partition coefficient (Wildman–Crippen LogP) is 2.13. The largest absolute Gasteiger partial charge is 0.371 e. The first-order valence-corrected chi connectivity index (χ1v) is 9.84. The van der Waals surface area contributed by atoms with E-state index in [0.717, 1.165) is 45.3 Å². The number of rotatable bonds is 4. The zero-order valence-electron chi connectivity index (χ0n) is 13.8. The van der Waals surface area contributed by atoms with E-state index < -0.39 is 0 Å². The Balaban J connectivity index is 1.31. The highest BCUT2D eigenvalue weighted by Gasteiger charge is 2.36. The fourth-order valence-electron chi connectivity index (χ4n) is 3.71. The van der Waals surface area contributed by atoms with Gasteiger partial charge in [-0.05, 0) is 42.7 Å². The van der Waals surface area contributed by atoms with Gasteiger partial charge in [0.2, 0.25) is 11.8 Å². The molecule has 1 aromatic rings. The van der Waals surface area contributed by atoms with Crippen molar-refractivity contribution in [1.82, 2.24) is 10.2 Å². The van der Waals surface area contributed by atoms with E-state index in [2.05, 4.69) is 16.8 Å². The molecule has 1 N–H and O–H groups in total. The van der Waals surface area contributed by atoms with Crippen molar-refractivity contribution in [3.05, 3.63) is 21.9 Å². The first-order chi connectivity index (χ1) is 11.7. The van der Waals surface area contributed by atoms with Gasteiger partial charge in [0.05, 0.1) is 12.5 Å². The van der Waals surface area contributed by atoms with Gasteiger partial charge in [0.1, 0.15) is 6.10 Å². The van der Waals surface area contributed by atoms with Gasteiger partial charge in [-0.3, -0.25) is 9.59 Å². The molecule has 3 heterocycles. The summed E-state index contributed by atoms with van der Waals surface area (Å²) in [5, 5.41) is 5.15. The van der Waals surface area contributed by atoms with Gasteiger partial charge in [-0.25, -0.2) is 0 Å². The van der Waals surface area contributed by atoms with Crippen molar-refractivity contribution in [3.8, 4) is 0 Å². The first kappa shape index (κ1) is 16.1. The standard InChI is InChI=1S/C18H24N2O3S/c21-17(13-2-1-7-20(11-13)18(22)12-3-4-12)19-10-15-14-6-9-24-16(14)5-8-23-15/h6,9,12-13,15H,1-5,7-8,10-11H2,(H,19,21)/t13-,15+/m0/s1. The number of hydrogen-bond donors (Lipinski definition) is 1. The highest BCUT2D eigenvalue weighted by atomic mass is 32.1. The molecule has 130 valence electrons. The van der Waals surface area contributed by atoms with Crippen LogP contribution in [-0.2, 0) is 20.7 Å². The summed E-state index contributed by atoms with van der Waals surface area (Å²) >= 11 is 1.77. The summed E-state index contributed by atoms with van der Waals surface area (Å²) in [4.78, 5) is 28.0. The van der Waals surface area contributed by atoms with Gasteiger partial charge in [0, 0.05) is 36.9 Å². The minimum atomic E-state index is -0.0769. The summed E-state index contributed by atoms with van der Waals surface area (Å²) in [5.74, 6) is 0.478. The van der Waals surface area contributed by atoms with Gasteiger partial charge in [0.25, 0.3) is 0 Å². The number of nitrogens with zero attached hydrogens (tertiary/aromatic N) is 1. The third-order valence-electron chi connectivity index (χ3n) is 5.27. The lowest BCUT2D eigenvalue weighted by atomic mass is 9.96. The zero-order valence-corrected chi connectivity index (χ0v) is 14.6. The van der Waals surface area contributed by atoms with Gasteiger partial charge in [-0.15, -0.1) is 11.3 Å². The van der Waals surface area contributed by atoms with Crippen LogP contribution in [0.15, 0.2) is 11.4 Å². The van der Waals surface area contributed by atoms with Crippen LogP contribution in [0.3, 0.4) is 0 Å². The molecule has 5 nitrogen and oxygen atoms in total. The predicted molar refractivity (Wildman–Crippen MR) is 91.8 cm³/mol. The van der Waals surface area contributed by atoms with Crippen LogP contribution in [0.1, 0.15) is 42.2 Å². The first-order valence-electron chi connectivity index (χ1n) is 8.96. The Morgan fingerprint density at radius 3 is 3.00 bits per heavy atom. The number of hydrogen-bond acceptors (Lipinski definition) is 4. The Morgan fingerprint density at radius 2 is 2.17 bits per heavy atom. The summed E-state index contributed by atoms with van der Waals surface area (Å²) in [5.41, 5.74) is 1.22. The van der Waals surface area contributed by atoms with E-state index >= 15 is 0 Å². The minimum Gasteiger partial charge on any atom is -0.371 e. The monoisotopic (exact) mass is 348 g/mol. The summed E-state index contributed by atoms with van der Waals surface area (Å²) in [6, 6.07) is 2.10. The third kappa shape index (κ3) is 3.35. The van der Waals surface area contributed by atoms with Crippen molar-refractivity contribution < 1.29 is 14.3 Å². The fraction of sp³-hybridized carbons (Fsp3) is 0.667. The van der Waals surface area contributed by atoms with Crippen molar-refractivity contribution in [3.63, 3.8) is 0 Å². The molecule has 0 bridgehead atoms. The molecule has 0 radical (unpaired) electrons. The van der Waals surface area contributed by atoms with Crippen LogP contribution in [0.2, 0.25) is 0 Å². The van der Waals surface area contributed by atoms with Crippen LogP contribution in [-0.4, -0.2) is 43.0 Å². The van der Waals surface area contributed by atoms with Crippen molar-refractivity contribution >= 4 is 23.2 Å². The van der Waals surface area contributed by atoms with Crippen molar-refractivity contribution in [2.75, 3.05) is 26.2 Å². The maximum atomic E-state index is 12.5. The molecule has 2 aliphatic heterocycles. The van der Waals surface area contributed by atoms with Crippen LogP contribution in [0.4, 0.5) is 0 Å². The quantitative estimate of drug-likeness (QED) is 0.907. The topological polar surface area (TPSA) is 58.6 Å². The number of nitrogens with one attached hydrogen (secondary N) is 1. The Hall–Kier alpha value is -1.40. The molecule has 1 saturated carbocycles. The maximum absolute atomic E-state index is 12.5. The van der Waals surface area contributed by atoms with Gasteiger partial charge in [-0.2, -0.15) is 0 Å². The number of fused-ring (bicyclic) bond motifs is 1. The second-order valence-electron chi connectivity index (χ2n) is 7.05. The van der Waals surface area contributed by atoms with Crippen LogP contribution in [0.5, 0.6) is 0 Å². The number of thiophene rings is 1. The number of likely N-dealkylation sites (tertiary alicyclic amines) is 1. The Bertz CT molecular complexity index is 626. The summed E-state index contributed by atoms with van der Waals surface area (Å²) < 4.78 is 5.83. The van der Waals surface area contributed by atoms with Crippen molar-refractivity contribution in [2.24, 2.45) is 11.8 Å². The molecule has 2 atom stereocenters. The minimum absolute atomic E-state index is 0.0308.